The molecule has 1 saturated carbocycles. The maximum atomic E-state index is 12.4. The SMILES string of the molecule is CCCNc1cnccc1C(=O)NCC1CCCC(C)C1. The molecule has 0 spiro atoms. The molecule has 1 aromatic heterocycles. The van der Waals surface area contributed by atoms with Crippen LogP contribution >= 0.6 is 0 Å². The van der Waals surface area contributed by atoms with Crippen LogP contribution in [0, 0.1) is 11.8 Å². The molecule has 1 aliphatic carbocycles. The number of amides is 1. The van der Waals surface area contributed by atoms with Gasteiger partial charge >= 0.3 is 0 Å². The molecular formula is C17H27N3O. The van der Waals surface area contributed by atoms with Gasteiger partial charge in [0.25, 0.3) is 5.91 Å². The first-order valence-corrected chi connectivity index (χ1v) is 8.16. The fraction of sp³-hybridized carbons (Fsp3) is 0.647. The minimum absolute atomic E-state index is 0.00855. The van der Waals surface area contributed by atoms with Crippen LogP contribution in [0.15, 0.2) is 18.5 Å². The molecule has 2 N–H and O–H groups in total. The van der Waals surface area contributed by atoms with Gasteiger partial charge in [-0.15, -0.1) is 0 Å². The van der Waals surface area contributed by atoms with E-state index in [2.05, 4.69) is 29.5 Å². The van der Waals surface area contributed by atoms with Crippen LogP contribution in [0.2, 0.25) is 0 Å². The molecule has 0 bridgehead atoms. The van der Waals surface area contributed by atoms with Crippen LogP contribution in [0.5, 0.6) is 0 Å². The Bertz CT molecular complexity index is 461. The zero-order chi connectivity index (χ0) is 15.1. The Morgan fingerprint density at radius 3 is 3.05 bits per heavy atom. The second-order valence-electron chi connectivity index (χ2n) is 6.20. The van der Waals surface area contributed by atoms with Gasteiger partial charge in [-0.2, -0.15) is 0 Å². The predicted molar refractivity (Wildman–Crippen MR) is 86.5 cm³/mol. The van der Waals surface area contributed by atoms with Crippen molar-refractivity contribution in [2.45, 2.75) is 46.0 Å². The molecule has 4 heteroatoms. The minimum Gasteiger partial charge on any atom is -0.383 e. The van der Waals surface area contributed by atoms with E-state index in [-0.39, 0.29) is 5.91 Å². The van der Waals surface area contributed by atoms with Gasteiger partial charge in [0.15, 0.2) is 0 Å². The molecule has 4 nitrogen and oxygen atoms in total. The number of hydrogen-bond acceptors (Lipinski definition) is 3. The van der Waals surface area contributed by atoms with Crippen molar-refractivity contribution in [1.82, 2.24) is 10.3 Å². The molecule has 1 amide bonds. The first-order chi connectivity index (χ1) is 10.2. The zero-order valence-electron chi connectivity index (χ0n) is 13.2. The molecule has 1 aromatic rings. The number of aromatic nitrogens is 1. The lowest BCUT2D eigenvalue weighted by molar-refractivity contribution is 0.0941. The van der Waals surface area contributed by atoms with E-state index in [0.717, 1.165) is 31.1 Å². The number of hydrogen-bond donors (Lipinski definition) is 2. The third-order valence-electron chi connectivity index (χ3n) is 4.23. The van der Waals surface area contributed by atoms with Crippen molar-refractivity contribution < 1.29 is 4.79 Å². The first kappa shape index (κ1) is 15.8. The quantitative estimate of drug-likeness (QED) is 0.843. The van der Waals surface area contributed by atoms with Gasteiger partial charge in [0.05, 0.1) is 17.4 Å². The molecule has 1 heterocycles. The number of nitrogens with one attached hydrogen (secondary N) is 2. The van der Waals surface area contributed by atoms with Crippen LogP contribution in [0.3, 0.4) is 0 Å². The van der Waals surface area contributed by atoms with Crippen molar-refractivity contribution >= 4 is 11.6 Å². The normalized spacial score (nSPS) is 21.8. The fourth-order valence-corrected chi connectivity index (χ4v) is 3.07. The van der Waals surface area contributed by atoms with Gasteiger partial charge in [-0.25, -0.2) is 0 Å². The van der Waals surface area contributed by atoms with Crippen molar-refractivity contribution in [2.75, 3.05) is 18.4 Å². The maximum absolute atomic E-state index is 12.4. The Morgan fingerprint density at radius 1 is 1.43 bits per heavy atom. The molecular weight excluding hydrogens is 262 g/mol. The molecule has 0 saturated heterocycles. The highest BCUT2D eigenvalue weighted by molar-refractivity contribution is 5.99. The van der Waals surface area contributed by atoms with E-state index in [1.807, 2.05) is 0 Å². The van der Waals surface area contributed by atoms with Gasteiger partial charge in [-0.05, 0) is 37.2 Å². The van der Waals surface area contributed by atoms with E-state index < -0.39 is 0 Å². The largest absolute Gasteiger partial charge is 0.383 e. The molecule has 0 radical (unpaired) electrons. The molecule has 2 atom stereocenters. The Balaban J connectivity index is 1.90. The third-order valence-corrected chi connectivity index (χ3v) is 4.23. The van der Waals surface area contributed by atoms with Gasteiger partial charge < -0.3 is 10.6 Å². The summed E-state index contributed by atoms with van der Waals surface area (Å²) in [5.74, 6) is 1.43. The second kappa shape index (κ2) is 8.01. The summed E-state index contributed by atoms with van der Waals surface area (Å²) in [5.41, 5.74) is 1.52. The molecule has 2 rings (SSSR count). The fourth-order valence-electron chi connectivity index (χ4n) is 3.07. The average molecular weight is 289 g/mol. The summed E-state index contributed by atoms with van der Waals surface area (Å²) in [7, 11) is 0. The molecule has 1 aliphatic rings. The minimum atomic E-state index is 0.00855. The summed E-state index contributed by atoms with van der Waals surface area (Å²) in [5, 5.41) is 6.36. The van der Waals surface area contributed by atoms with E-state index in [4.69, 9.17) is 0 Å². The van der Waals surface area contributed by atoms with Crippen molar-refractivity contribution in [2.24, 2.45) is 11.8 Å². The number of carbonyl (C=O) groups excluding carboxylic acids is 1. The van der Waals surface area contributed by atoms with Crippen LogP contribution in [0.25, 0.3) is 0 Å². The van der Waals surface area contributed by atoms with Crippen molar-refractivity contribution in [1.29, 1.82) is 0 Å². The Labute approximate surface area is 127 Å². The Hall–Kier alpha value is -1.58. The van der Waals surface area contributed by atoms with Gasteiger partial charge in [-0.1, -0.05) is 26.7 Å². The lowest BCUT2D eigenvalue weighted by atomic mass is 9.82. The summed E-state index contributed by atoms with van der Waals surface area (Å²) in [6.07, 6.45) is 9.53. The monoisotopic (exact) mass is 289 g/mol. The van der Waals surface area contributed by atoms with Crippen LogP contribution < -0.4 is 10.6 Å². The molecule has 116 valence electrons. The lowest BCUT2D eigenvalue weighted by Gasteiger charge is -2.26. The Kier molecular flexibility index (Phi) is 6.03. The van der Waals surface area contributed by atoms with Gasteiger partial charge in [0.1, 0.15) is 0 Å². The average Bonchev–Trinajstić information content (AvgIpc) is 2.51. The molecule has 0 aromatic carbocycles. The molecule has 2 unspecified atom stereocenters. The van der Waals surface area contributed by atoms with Gasteiger partial charge in [0, 0.05) is 19.3 Å². The third kappa shape index (κ3) is 4.73. The van der Waals surface area contributed by atoms with Crippen molar-refractivity contribution in [3.63, 3.8) is 0 Å². The highest BCUT2D eigenvalue weighted by atomic mass is 16.1. The van der Waals surface area contributed by atoms with Gasteiger partial charge in [-0.3, -0.25) is 9.78 Å². The van der Waals surface area contributed by atoms with Crippen LogP contribution in [-0.2, 0) is 0 Å². The maximum Gasteiger partial charge on any atom is 0.253 e. The van der Waals surface area contributed by atoms with E-state index in [1.165, 1.54) is 25.7 Å². The summed E-state index contributed by atoms with van der Waals surface area (Å²) >= 11 is 0. The molecule has 21 heavy (non-hydrogen) atoms. The van der Waals surface area contributed by atoms with E-state index in [0.29, 0.717) is 11.5 Å². The van der Waals surface area contributed by atoms with E-state index in [1.54, 1.807) is 18.5 Å². The summed E-state index contributed by atoms with van der Waals surface area (Å²) in [4.78, 5) is 16.5. The van der Waals surface area contributed by atoms with E-state index >= 15 is 0 Å². The van der Waals surface area contributed by atoms with Crippen molar-refractivity contribution in [3.05, 3.63) is 24.0 Å². The Morgan fingerprint density at radius 2 is 2.29 bits per heavy atom. The summed E-state index contributed by atoms with van der Waals surface area (Å²) in [6.45, 7) is 6.06. The van der Waals surface area contributed by atoms with Crippen LogP contribution in [0.1, 0.15) is 56.3 Å². The lowest BCUT2D eigenvalue weighted by Crippen LogP contribution is -2.32. The second-order valence-corrected chi connectivity index (χ2v) is 6.20. The highest BCUT2D eigenvalue weighted by Gasteiger charge is 2.20. The number of rotatable bonds is 6. The topological polar surface area (TPSA) is 54.0 Å². The number of anilines is 1. The van der Waals surface area contributed by atoms with Gasteiger partial charge in [0.2, 0.25) is 0 Å². The smallest absolute Gasteiger partial charge is 0.253 e. The van der Waals surface area contributed by atoms with E-state index in [9.17, 15) is 4.79 Å². The summed E-state index contributed by atoms with van der Waals surface area (Å²) in [6, 6.07) is 1.79. The van der Waals surface area contributed by atoms with Crippen LogP contribution in [-0.4, -0.2) is 24.0 Å². The number of carbonyl (C=O) groups is 1. The first-order valence-electron chi connectivity index (χ1n) is 8.16. The zero-order valence-corrected chi connectivity index (χ0v) is 13.2. The number of pyridine rings is 1. The van der Waals surface area contributed by atoms with Crippen LogP contribution in [0.4, 0.5) is 5.69 Å². The van der Waals surface area contributed by atoms with Crippen molar-refractivity contribution in [3.8, 4) is 0 Å². The predicted octanol–water partition coefficient (Wildman–Crippen LogP) is 3.46. The standard InChI is InChI=1S/C17H27N3O/c1-3-8-19-16-12-18-9-7-15(16)17(21)20-11-14-6-4-5-13(2)10-14/h7,9,12-14,19H,3-6,8,10-11H2,1-2H3,(H,20,21). The molecule has 1 fully saturated rings. The highest BCUT2D eigenvalue weighted by Crippen LogP contribution is 2.28. The molecule has 0 aliphatic heterocycles. The summed E-state index contributed by atoms with van der Waals surface area (Å²) < 4.78 is 0. The number of nitrogens with zero attached hydrogens (tertiary/aromatic N) is 1.